The molecule has 0 aliphatic carbocycles. The zero-order chi connectivity index (χ0) is 15.8. The largest absolute Gasteiger partial charge is 0.354 e. The second kappa shape index (κ2) is 8.32. The first-order valence-corrected chi connectivity index (χ1v) is 7.72. The summed E-state index contributed by atoms with van der Waals surface area (Å²) in [4.78, 5) is 11.9. The average Bonchev–Trinajstić information content (AvgIpc) is 2.53. The van der Waals surface area contributed by atoms with E-state index in [9.17, 15) is 9.18 Å². The monoisotopic (exact) mass is 299 g/mol. The Morgan fingerprint density at radius 2 is 1.73 bits per heavy atom. The zero-order valence-corrected chi connectivity index (χ0v) is 12.9. The highest BCUT2D eigenvalue weighted by molar-refractivity contribution is 5.76. The molecule has 0 radical (unpaired) electrons. The summed E-state index contributed by atoms with van der Waals surface area (Å²) < 4.78 is 13.5. The van der Waals surface area contributed by atoms with Crippen LogP contribution in [0.15, 0.2) is 54.6 Å². The third-order valence-corrected chi connectivity index (χ3v) is 3.70. The number of amides is 1. The molecule has 1 unspecified atom stereocenters. The molecule has 2 aromatic carbocycles. The van der Waals surface area contributed by atoms with E-state index in [-0.39, 0.29) is 17.8 Å². The van der Waals surface area contributed by atoms with E-state index in [2.05, 4.69) is 17.4 Å². The zero-order valence-electron chi connectivity index (χ0n) is 12.9. The second-order valence-corrected chi connectivity index (χ2v) is 5.58. The second-order valence-electron chi connectivity index (χ2n) is 5.58. The molecule has 3 heteroatoms. The van der Waals surface area contributed by atoms with Gasteiger partial charge in [0.2, 0.25) is 5.91 Å². The number of rotatable bonds is 7. The minimum atomic E-state index is -0.243. The van der Waals surface area contributed by atoms with Gasteiger partial charge in [-0.2, -0.15) is 0 Å². The van der Waals surface area contributed by atoms with Crippen LogP contribution >= 0.6 is 0 Å². The molecule has 0 bridgehead atoms. The summed E-state index contributed by atoms with van der Waals surface area (Å²) in [5, 5.41) is 2.98. The van der Waals surface area contributed by atoms with Crippen molar-refractivity contribution in [2.75, 3.05) is 0 Å². The van der Waals surface area contributed by atoms with Crippen molar-refractivity contribution in [1.29, 1.82) is 0 Å². The number of carbonyl (C=O) groups excluding carboxylic acids is 1. The fourth-order valence-corrected chi connectivity index (χ4v) is 2.40. The van der Waals surface area contributed by atoms with Gasteiger partial charge in [0.15, 0.2) is 0 Å². The van der Waals surface area contributed by atoms with Crippen molar-refractivity contribution in [1.82, 2.24) is 5.32 Å². The van der Waals surface area contributed by atoms with Crippen LogP contribution in [0.4, 0.5) is 4.39 Å². The Balaban J connectivity index is 1.71. The molecule has 0 aromatic heterocycles. The van der Waals surface area contributed by atoms with Crippen molar-refractivity contribution >= 4 is 5.91 Å². The smallest absolute Gasteiger partial charge is 0.220 e. The average molecular weight is 299 g/mol. The van der Waals surface area contributed by atoms with E-state index in [1.807, 2.05) is 25.1 Å². The van der Waals surface area contributed by atoms with Gasteiger partial charge in [0.1, 0.15) is 5.82 Å². The van der Waals surface area contributed by atoms with Gasteiger partial charge < -0.3 is 5.32 Å². The standard InChI is InChI=1S/C19H22FNO/c1-15(11-12-16-7-3-2-4-8-16)21-19(22)14-13-17-9-5-6-10-18(17)20/h2-10,15H,11-14H2,1H3,(H,21,22). The molecule has 2 rings (SSSR count). The molecule has 0 aliphatic rings. The summed E-state index contributed by atoms with van der Waals surface area (Å²) in [7, 11) is 0. The van der Waals surface area contributed by atoms with E-state index < -0.39 is 0 Å². The molecular weight excluding hydrogens is 277 g/mol. The number of carbonyl (C=O) groups is 1. The molecule has 0 fully saturated rings. The summed E-state index contributed by atoms with van der Waals surface area (Å²) >= 11 is 0. The Labute approximate surface area is 131 Å². The SMILES string of the molecule is CC(CCc1ccccc1)NC(=O)CCc1ccccc1F. The summed E-state index contributed by atoms with van der Waals surface area (Å²) in [5.41, 5.74) is 1.87. The Bertz CT molecular complexity index is 597. The van der Waals surface area contributed by atoms with Crippen LogP contribution in [-0.4, -0.2) is 11.9 Å². The lowest BCUT2D eigenvalue weighted by molar-refractivity contribution is -0.121. The van der Waals surface area contributed by atoms with Gasteiger partial charge in [-0.3, -0.25) is 4.79 Å². The Kier molecular flexibility index (Phi) is 6.13. The Hall–Kier alpha value is -2.16. The van der Waals surface area contributed by atoms with E-state index in [1.165, 1.54) is 11.6 Å². The first-order valence-electron chi connectivity index (χ1n) is 7.72. The van der Waals surface area contributed by atoms with Gasteiger partial charge in [-0.1, -0.05) is 48.5 Å². The van der Waals surface area contributed by atoms with Crippen molar-refractivity contribution in [3.8, 4) is 0 Å². The number of halogens is 1. The number of hydrogen-bond acceptors (Lipinski definition) is 1. The van der Waals surface area contributed by atoms with Gasteiger partial charge in [0.25, 0.3) is 0 Å². The molecule has 116 valence electrons. The Morgan fingerprint density at radius 1 is 1.05 bits per heavy atom. The van der Waals surface area contributed by atoms with E-state index in [0.29, 0.717) is 18.4 Å². The van der Waals surface area contributed by atoms with E-state index in [0.717, 1.165) is 12.8 Å². The summed E-state index contributed by atoms with van der Waals surface area (Å²) in [5.74, 6) is -0.267. The molecule has 1 amide bonds. The highest BCUT2D eigenvalue weighted by Gasteiger charge is 2.09. The molecule has 0 saturated carbocycles. The number of benzene rings is 2. The Morgan fingerprint density at radius 3 is 2.45 bits per heavy atom. The molecular formula is C19H22FNO. The van der Waals surface area contributed by atoms with Crippen molar-refractivity contribution in [2.45, 2.75) is 38.6 Å². The molecule has 1 N–H and O–H groups in total. The maximum absolute atomic E-state index is 13.5. The van der Waals surface area contributed by atoms with Crippen LogP contribution in [0.5, 0.6) is 0 Å². The normalized spacial score (nSPS) is 11.9. The van der Waals surface area contributed by atoms with Crippen LogP contribution in [0.1, 0.15) is 30.9 Å². The van der Waals surface area contributed by atoms with Gasteiger partial charge in [-0.15, -0.1) is 0 Å². The van der Waals surface area contributed by atoms with E-state index in [1.54, 1.807) is 18.2 Å². The molecule has 0 aliphatic heterocycles. The molecule has 2 nitrogen and oxygen atoms in total. The highest BCUT2D eigenvalue weighted by atomic mass is 19.1. The van der Waals surface area contributed by atoms with E-state index >= 15 is 0 Å². The van der Waals surface area contributed by atoms with Crippen molar-refractivity contribution in [3.05, 3.63) is 71.5 Å². The fourth-order valence-electron chi connectivity index (χ4n) is 2.40. The van der Waals surface area contributed by atoms with Crippen LogP contribution in [0.25, 0.3) is 0 Å². The lowest BCUT2D eigenvalue weighted by atomic mass is 10.1. The predicted molar refractivity (Wildman–Crippen MR) is 87.1 cm³/mol. The third kappa shape index (κ3) is 5.32. The van der Waals surface area contributed by atoms with Gasteiger partial charge in [-0.05, 0) is 43.4 Å². The number of aryl methyl sites for hydroxylation is 2. The van der Waals surface area contributed by atoms with Gasteiger partial charge >= 0.3 is 0 Å². The van der Waals surface area contributed by atoms with Crippen molar-refractivity contribution in [3.63, 3.8) is 0 Å². The highest BCUT2D eigenvalue weighted by Crippen LogP contribution is 2.09. The maximum Gasteiger partial charge on any atom is 0.220 e. The minimum Gasteiger partial charge on any atom is -0.354 e. The molecule has 22 heavy (non-hydrogen) atoms. The van der Waals surface area contributed by atoms with Gasteiger partial charge in [0.05, 0.1) is 0 Å². The van der Waals surface area contributed by atoms with Gasteiger partial charge in [-0.25, -0.2) is 4.39 Å². The lowest BCUT2D eigenvalue weighted by Crippen LogP contribution is -2.33. The summed E-state index contributed by atoms with van der Waals surface area (Å²) in [6.07, 6.45) is 2.59. The van der Waals surface area contributed by atoms with Crippen LogP contribution < -0.4 is 5.32 Å². The topological polar surface area (TPSA) is 29.1 Å². The fraction of sp³-hybridized carbons (Fsp3) is 0.316. The minimum absolute atomic E-state index is 0.0242. The first kappa shape index (κ1) is 16.2. The number of hydrogen-bond donors (Lipinski definition) is 1. The van der Waals surface area contributed by atoms with Crippen LogP contribution in [0.2, 0.25) is 0 Å². The predicted octanol–water partition coefficient (Wildman–Crippen LogP) is 3.90. The van der Waals surface area contributed by atoms with Crippen molar-refractivity contribution < 1.29 is 9.18 Å². The van der Waals surface area contributed by atoms with Crippen LogP contribution in [0, 0.1) is 5.82 Å². The van der Waals surface area contributed by atoms with Crippen molar-refractivity contribution in [2.24, 2.45) is 0 Å². The number of nitrogens with one attached hydrogen (secondary N) is 1. The summed E-state index contributed by atoms with van der Waals surface area (Å²) in [6, 6.07) is 16.9. The molecule has 0 heterocycles. The van der Waals surface area contributed by atoms with E-state index in [4.69, 9.17) is 0 Å². The molecule has 1 atom stereocenters. The van der Waals surface area contributed by atoms with Crippen LogP contribution in [-0.2, 0) is 17.6 Å². The first-order chi connectivity index (χ1) is 10.6. The quantitative estimate of drug-likeness (QED) is 0.825. The third-order valence-electron chi connectivity index (χ3n) is 3.70. The maximum atomic E-state index is 13.5. The van der Waals surface area contributed by atoms with Gasteiger partial charge in [0, 0.05) is 12.5 Å². The van der Waals surface area contributed by atoms with Crippen LogP contribution in [0.3, 0.4) is 0 Å². The lowest BCUT2D eigenvalue weighted by Gasteiger charge is -2.14. The summed E-state index contributed by atoms with van der Waals surface area (Å²) in [6.45, 7) is 2.00. The molecule has 2 aromatic rings. The molecule has 0 spiro atoms. The molecule has 0 saturated heterocycles.